The number of hydrogen-bond acceptors (Lipinski definition) is 3. The van der Waals surface area contributed by atoms with Crippen molar-refractivity contribution >= 4 is 10.0 Å². The molecule has 0 saturated heterocycles. The summed E-state index contributed by atoms with van der Waals surface area (Å²) < 4.78 is 26.7. The first-order valence-corrected chi connectivity index (χ1v) is 8.23. The van der Waals surface area contributed by atoms with Crippen molar-refractivity contribution in [3.8, 4) is 12.3 Å². The van der Waals surface area contributed by atoms with E-state index >= 15 is 0 Å². The summed E-state index contributed by atoms with van der Waals surface area (Å²) in [5.74, 6) is 2.44. The van der Waals surface area contributed by atoms with Gasteiger partial charge in [0.05, 0.1) is 4.90 Å². The van der Waals surface area contributed by atoms with E-state index in [2.05, 4.69) is 22.9 Å². The van der Waals surface area contributed by atoms with Crippen LogP contribution in [0.4, 0.5) is 0 Å². The molecule has 0 heterocycles. The number of terminal acetylenes is 1. The minimum absolute atomic E-state index is 0.264. The molecule has 4 nitrogen and oxygen atoms in total. The summed E-state index contributed by atoms with van der Waals surface area (Å²) in [6.07, 6.45) is 6.62. The van der Waals surface area contributed by atoms with E-state index in [-0.39, 0.29) is 10.9 Å². The molecule has 1 rings (SSSR count). The normalized spacial score (nSPS) is 12.8. The topological polar surface area (TPSA) is 58.2 Å². The summed E-state index contributed by atoms with van der Waals surface area (Å²) >= 11 is 0. The lowest BCUT2D eigenvalue weighted by Crippen LogP contribution is -2.32. The Balaban J connectivity index is 2.69. The fraction of sp³-hybridized carbons (Fsp3) is 0.467. The van der Waals surface area contributed by atoms with Gasteiger partial charge in [-0.2, -0.15) is 0 Å². The average Bonchev–Trinajstić information content (AvgIpc) is 2.39. The maximum absolute atomic E-state index is 12.1. The molecule has 0 bridgehead atoms. The Morgan fingerprint density at radius 3 is 2.50 bits per heavy atom. The fourth-order valence-electron chi connectivity index (χ4n) is 1.75. The third-order valence-corrected chi connectivity index (χ3v) is 4.38. The summed E-state index contributed by atoms with van der Waals surface area (Å²) in [5.41, 5.74) is 1.06. The molecule has 0 aliphatic heterocycles. The molecule has 0 fully saturated rings. The number of rotatable bonds is 8. The van der Waals surface area contributed by atoms with Gasteiger partial charge in [0.25, 0.3) is 0 Å². The molecular weight excluding hydrogens is 272 g/mol. The molecule has 1 unspecified atom stereocenters. The standard InChI is InChI=1S/C15H22N2O2S/c1-4-6-13(3)17-20(18,19)15-9-7-14(8-10-15)12-16-11-5-2/h1,7-10,13,16-17H,5-6,11-12H2,2-3H3. The van der Waals surface area contributed by atoms with E-state index in [1.165, 1.54) is 0 Å². The number of nitrogens with one attached hydrogen (secondary N) is 2. The highest BCUT2D eigenvalue weighted by Gasteiger charge is 2.16. The summed E-state index contributed by atoms with van der Waals surface area (Å²) in [6.45, 7) is 5.55. The second-order valence-electron chi connectivity index (χ2n) is 4.75. The van der Waals surface area contributed by atoms with E-state index in [0.29, 0.717) is 6.42 Å². The Hall–Kier alpha value is -1.35. The second kappa shape index (κ2) is 8.05. The molecule has 1 atom stereocenters. The van der Waals surface area contributed by atoms with Gasteiger partial charge in [0, 0.05) is 19.0 Å². The van der Waals surface area contributed by atoms with Gasteiger partial charge in [0.2, 0.25) is 10.0 Å². The van der Waals surface area contributed by atoms with Crippen molar-refractivity contribution in [2.75, 3.05) is 6.54 Å². The van der Waals surface area contributed by atoms with Crippen molar-refractivity contribution in [2.45, 2.75) is 44.2 Å². The van der Waals surface area contributed by atoms with Crippen LogP contribution >= 0.6 is 0 Å². The molecule has 1 aromatic rings. The van der Waals surface area contributed by atoms with Crippen molar-refractivity contribution < 1.29 is 8.42 Å². The van der Waals surface area contributed by atoms with Crippen molar-refractivity contribution in [1.29, 1.82) is 0 Å². The van der Waals surface area contributed by atoms with Gasteiger partial charge in [-0.3, -0.25) is 0 Å². The molecule has 2 N–H and O–H groups in total. The largest absolute Gasteiger partial charge is 0.313 e. The van der Waals surface area contributed by atoms with E-state index in [4.69, 9.17) is 6.42 Å². The lowest BCUT2D eigenvalue weighted by Gasteiger charge is -2.12. The predicted octanol–water partition coefficient (Wildman–Crippen LogP) is 1.88. The van der Waals surface area contributed by atoms with Crippen molar-refractivity contribution in [3.05, 3.63) is 29.8 Å². The van der Waals surface area contributed by atoms with Crippen LogP contribution in [0.15, 0.2) is 29.2 Å². The van der Waals surface area contributed by atoms with Crippen LogP contribution < -0.4 is 10.0 Å². The molecule has 0 radical (unpaired) electrons. The van der Waals surface area contributed by atoms with Gasteiger partial charge < -0.3 is 5.32 Å². The molecule has 0 amide bonds. The van der Waals surface area contributed by atoms with Crippen LogP contribution in [0.1, 0.15) is 32.3 Å². The van der Waals surface area contributed by atoms with Gasteiger partial charge >= 0.3 is 0 Å². The van der Waals surface area contributed by atoms with Crippen molar-refractivity contribution in [1.82, 2.24) is 10.0 Å². The first-order valence-electron chi connectivity index (χ1n) is 6.75. The Morgan fingerprint density at radius 1 is 1.30 bits per heavy atom. The van der Waals surface area contributed by atoms with E-state index in [1.807, 2.05) is 12.1 Å². The van der Waals surface area contributed by atoms with E-state index in [9.17, 15) is 8.42 Å². The van der Waals surface area contributed by atoms with E-state index in [1.54, 1.807) is 19.1 Å². The number of benzene rings is 1. The van der Waals surface area contributed by atoms with Crippen LogP contribution in [0.3, 0.4) is 0 Å². The van der Waals surface area contributed by atoms with Gasteiger partial charge in [-0.05, 0) is 37.6 Å². The SMILES string of the molecule is C#CCC(C)NS(=O)(=O)c1ccc(CNCCC)cc1. The van der Waals surface area contributed by atoms with E-state index < -0.39 is 10.0 Å². The fourth-order valence-corrected chi connectivity index (χ4v) is 2.99. The van der Waals surface area contributed by atoms with Crippen LogP contribution in [0.25, 0.3) is 0 Å². The molecule has 0 aliphatic carbocycles. The molecule has 1 aromatic carbocycles. The summed E-state index contributed by atoms with van der Waals surface area (Å²) in [4.78, 5) is 0.264. The van der Waals surface area contributed by atoms with E-state index in [0.717, 1.165) is 25.1 Å². The predicted molar refractivity (Wildman–Crippen MR) is 81.7 cm³/mol. The van der Waals surface area contributed by atoms with Crippen molar-refractivity contribution in [2.24, 2.45) is 0 Å². The first-order chi connectivity index (χ1) is 9.49. The molecular formula is C15H22N2O2S. The summed E-state index contributed by atoms with van der Waals surface area (Å²) in [6, 6.07) is 6.62. The van der Waals surface area contributed by atoms with Crippen LogP contribution in [-0.2, 0) is 16.6 Å². The van der Waals surface area contributed by atoms with Crippen LogP contribution in [0.5, 0.6) is 0 Å². The smallest absolute Gasteiger partial charge is 0.240 e. The van der Waals surface area contributed by atoms with Crippen LogP contribution in [-0.4, -0.2) is 21.0 Å². The zero-order valence-corrected chi connectivity index (χ0v) is 12.8. The van der Waals surface area contributed by atoms with Crippen molar-refractivity contribution in [3.63, 3.8) is 0 Å². The molecule has 0 aromatic heterocycles. The lowest BCUT2D eigenvalue weighted by molar-refractivity contribution is 0.563. The Bertz CT molecular complexity index is 544. The monoisotopic (exact) mass is 294 g/mol. The molecule has 0 aliphatic rings. The maximum atomic E-state index is 12.1. The highest BCUT2D eigenvalue weighted by atomic mass is 32.2. The third-order valence-electron chi connectivity index (χ3n) is 2.77. The minimum Gasteiger partial charge on any atom is -0.313 e. The molecule has 0 saturated carbocycles. The molecule has 110 valence electrons. The third kappa shape index (κ3) is 5.33. The number of hydrogen-bond donors (Lipinski definition) is 2. The van der Waals surface area contributed by atoms with Gasteiger partial charge in [-0.1, -0.05) is 19.1 Å². The Morgan fingerprint density at radius 2 is 1.95 bits per heavy atom. The van der Waals surface area contributed by atoms with Gasteiger partial charge in [-0.15, -0.1) is 12.3 Å². The summed E-state index contributed by atoms with van der Waals surface area (Å²) in [7, 11) is -3.49. The zero-order valence-electron chi connectivity index (χ0n) is 12.0. The molecule has 5 heteroatoms. The molecule has 20 heavy (non-hydrogen) atoms. The zero-order chi connectivity index (χ0) is 15.0. The Kier molecular flexibility index (Phi) is 6.73. The number of sulfonamides is 1. The highest BCUT2D eigenvalue weighted by Crippen LogP contribution is 2.11. The van der Waals surface area contributed by atoms with Gasteiger partial charge in [0.1, 0.15) is 0 Å². The van der Waals surface area contributed by atoms with Crippen LogP contribution in [0.2, 0.25) is 0 Å². The summed E-state index contributed by atoms with van der Waals surface area (Å²) in [5, 5.41) is 3.27. The quantitative estimate of drug-likeness (QED) is 0.568. The lowest BCUT2D eigenvalue weighted by atomic mass is 10.2. The second-order valence-corrected chi connectivity index (χ2v) is 6.47. The average molecular weight is 294 g/mol. The molecule has 0 spiro atoms. The first kappa shape index (κ1) is 16.7. The maximum Gasteiger partial charge on any atom is 0.240 e. The van der Waals surface area contributed by atoms with Gasteiger partial charge in [-0.25, -0.2) is 13.1 Å². The Labute approximate surface area is 122 Å². The highest BCUT2D eigenvalue weighted by molar-refractivity contribution is 7.89. The minimum atomic E-state index is -3.49. The van der Waals surface area contributed by atoms with Crippen LogP contribution in [0, 0.1) is 12.3 Å². The van der Waals surface area contributed by atoms with Gasteiger partial charge in [0.15, 0.2) is 0 Å².